The number of nitrogens with one attached hydrogen (secondary N) is 1. The van der Waals surface area contributed by atoms with Gasteiger partial charge in [-0.25, -0.2) is 0 Å². The van der Waals surface area contributed by atoms with E-state index in [9.17, 15) is 14.4 Å². The average Bonchev–Trinajstić information content (AvgIpc) is 2.75. The molecule has 164 valence electrons. The quantitative estimate of drug-likeness (QED) is 0.552. The first kappa shape index (κ1) is 22.2. The Bertz CT molecular complexity index is 770. The van der Waals surface area contributed by atoms with E-state index >= 15 is 0 Å². The van der Waals surface area contributed by atoms with Gasteiger partial charge < -0.3 is 26.4 Å². The number of morpholine rings is 1. The molecule has 0 aromatic heterocycles. The van der Waals surface area contributed by atoms with E-state index in [1.165, 1.54) is 0 Å². The predicted molar refractivity (Wildman–Crippen MR) is 113 cm³/mol. The van der Waals surface area contributed by atoms with Gasteiger partial charge in [0.1, 0.15) is 5.54 Å². The standard InChI is InChI=1S/C21H31N5O4/c22-19(28)16-4-1-2-5-17(16)24-18(27)6-3-9-25-10-7-21(8-11-25,20(23)29)26-12-14-30-15-13-26/h1-2,4-5H,3,6-15H2,(H2,22,28)(H2,23,29)(H,24,27). The van der Waals surface area contributed by atoms with Crippen molar-refractivity contribution in [2.75, 3.05) is 51.3 Å². The zero-order valence-electron chi connectivity index (χ0n) is 17.3. The summed E-state index contributed by atoms with van der Waals surface area (Å²) in [5, 5.41) is 2.76. The van der Waals surface area contributed by atoms with E-state index in [2.05, 4.69) is 15.1 Å². The summed E-state index contributed by atoms with van der Waals surface area (Å²) in [7, 11) is 0. The third-order valence-corrected chi connectivity index (χ3v) is 6.10. The van der Waals surface area contributed by atoms with Crippen LogP contribution in [-0.2, 0) is 14.3 Å². The highest BCUT2D eigenvalue weighted by molar-refractivity contribution is 6.02. The summed E-state index contributed by atoms with van der Waals surface area (Å²) in [4.78, 5) is 40.4. The molecule has 30 heavy (non-hydrogen) atoms. The Morgan fingerprint density at radius 3 is 2.33 bits per heavy atom. The molecule has 0 atom stereocenters. The van der Waals surface area contributed by atoms with E-state index < -0.39 is 11.4 Å². The number of primary amides is 2. The smallest absolute Gasteiger partial charge is 0.250 e. The number of ether oxygens (including phenoxy) is 1. The lowest BCUT2D eigenvalue weighted by Crippen LogP contribution is -2.64. The Hall–Kier alpha value is -2.49. The number of piperidine rings is 1. The first-order valence-corrected chi connectivity index (χ1v) is 10.5. The summed E-state index contributed by atoms with van der Waals surface area (Å²) >= 11 is 0. The second-order valence-corrected chi connectivity index (χ2v) is 7.90. The topological polar surface area (TPSA) is 131 Å². The van der Waals surface area contributed by atoms with Crippen LogP contribution >= 0.6 is 0 Å². The molecule has 2 aliphatic heterocycles. The molecule has 0 bridgehead atoms. The van der Waals surface area contributed by atoms with Crippen LogP contribution in [0.4, 0.5) is 5.69 Å². The molecule has 5 N–H and O–H groups in total. The SMILES string of the molecule is NC(=O)c1ccccc1NC(=O)CCCN1CCC(C(N)=O)(N2CCOCC2)CC1. The molecule has 2 fully saturated rings. The predicted octanol–water partition coefficient (Wildman–Crippen LogP) is 0.156. The van der Waals surface area contributed by atoms with Crippen molar-refractivity contribution >= 4 is 23.4 Å². The summed E-state index contributed by atoms with van der Waals surface area (Å²) in [5.74, 6) is -0.977. The van der Waals surface area contributed by atoms with Gasteiger partial charge in [0.2, 0.25) is 11.8 Å². The maximum Gasteiger partial charge on any atom is 0.250 e. The monoisotopic (exact) mass is 417 g/mol. The Morgan fingerprint density at radius 2 is 1.70 bits per heavy atom. The van der Waals surface area contributed by atoms with Crippen LogP contribution in [0.1, 0.15) is 36.0 Å². The van der Waals surface area contributed by atoms with E-state index in [0.29, 0.717) is 50.1 Å². The number of amides is 3. The first-order chi connectivity index (χ1) is 14.4. The molecule has 0 saturated carbocycles. The van der Waals surface area contributed by atoms with Crippen molar-refractivity contribution in [2.24, 2.45) is 11.5 Å². The van der Waals surface area contributed by atoms with Gasteiger partial charge in [-0.15, -0.1) is 0 Å². The fourth-order valence-electron chi connectivity index (χ4n) is 4.34. The van der Waals surface area contributed by atoms with Gasteiger partial charge in [-0.3, -0.25) is 19.3 Å². The number of para-hydroxylation sites is 1. The van der Waals surface area contributed by atoms with Crippen molar-refractivity contribution in [3.05, 3.63) is 29.8 Å². The lowest BCUT2D eigenvalue weighted by Gasteiger charge is -2.48. The van der Waals surface area contributed by atoms with E-state index in [4.69, 9.17) is 16.2 Å². The number of rotatable bonds is 8. The fourth-order valence-corrected chi connectivity index (χ4v) is 4.34. The summed E-state index contributed by atoms with van der Waals surface area (Å²) in [6.07, 6.45) is 2.42. The number of nitrogens with zero attached hydrogens (tertiary/aromatic N) is 2. The Labute approximate surface area is 176 Å². The van der Waals surface area contributed by atoms with Crippen LogP contribution in [0.15, 0.2) is 24.3 Å². The number of nitrogens with two attached hydrogens (primary N) is 2. The number of benzene rings is 1. The van der Waals surface area contributed by atoms with Crippen LogP contribution in [0.3, 0.4) is 0 Å². The van der Waals surface area contributed by atoms with Gasteiger partial charge in [0, 0.05) is 32.6 Å². The van der Waals surface area contributed by atoms with Gasteiger partial charge in [-0.05, 0) is 37.9 Å². The zero-order chi connectivity index (χ0) is 21.6. The maximum atomic E-state index is 12.3. The van der Waals surface area contributed by atoms with Crippen LogP contribution < -0.4 is 16.8 Å². The third kappa shape index (κ3) is 5.16. The number of carbonyl (C=O) groups is 3. The molecule has 9 heteroatoms. The Kier molecular flexibility index (Phi) is 7.41. The number of hydrogen-bond donors (Lipinski definition) is 3. The molecule has 0 aliphatic carbocycles. The first-order valence-electron chi connectivity index (χ1n) is 10.5. The van der Waals surface area contributed by atoms with Gasteiger partial charge in [-0.2, -0.15) is 0 Å². The molecule has 9 nitrogen and oxygen atoms in total. The second-order valence-electron chi connectivity index (χ2n) is 7.90. The van der Waals surface area contributed by atoms with Gasteiger partial charge in [0.25, 0.3) is 5.91 Å². The molecular weight excluding hydrogens is 386 g/mol. The summed E-state index contributed by atoms with van der Waals surface area (Å²) in [5.41, 5.74) is 11.3. The third-order valence-electron chi connectivity index (χ3n) is 6.10. The number of carbonyl (C=O) groups excluding carboxylic acids is 3. The van der Waals surface area contributed by atoms with Gasteiger partial charge in [0.15, 0.2) is 0 Å². The zero-order valence-corrected chi connectivity index (χ0v) is 17.3. The van der Waals surface area contributed by atoms with Crippen LogP contribution in [-0.4, -0.2) is 79.0 Å². The van der Waals surface area contributed by atoms with Crippen molar-refractivity contribution in [3.8, 4) is 0 Å². The molecule has 0 unspecified atom stereocenters. The molecule has 2 saturated heterocycles. The molecule has 3 amide bonds. The fraction of sp³-hybridized carbons (Fsp3) is 0.571. The lowest BCUT2D eigenvalue weighted by atomic mass is 9.84. The van der Waals surface area contributed by atoms with Crippen LogP contribution in [0.25, 0.3) is 0 Å². The Morgan fingerprint density at radius 1 is 1.03 bits per heavy atom. The highest BCUT2D eigenvalue weighted by atomic mass is 16.5. The minimum Gasteiger partial charge on any atom is -0.379 e. The number of anilines is 1. The minimum absolute atomic E-state index is 0.152. The van der Waals surface area contributed by atoms with E-state index in [0.717, 1.165) is 32.7 Å². The van der Waals surface area contributed by atoms with Crippen molar-refractivity contribution < 1.29 is 19.1 Å². The van der Waals surface area contributed by atoms with Gasteiger partial charge in [0.05, 0.1) is 24.5 Å². The van der Waals surface area contributed by atoms with E-state index in [1.807, 2.05) is 0 Å². The van der Waals surface area contributed by atoms with Crippen molar-refractivity contribution in [1.82, 2.24) is 9.80 Å². The molecule has 0 spiro atoms. The highest BCUT2D eigenvalue weighted by Gasteiger charge is 2.45. The van der Waals surface area contributed by atoms with Crippen LogP contribution in [0, 0.1) is 0 Å². The van der Waals surface area contributed by atoms with Crippen molar-refractivity contribution in [3.63, 3.8) is 0 Å². The summed E-state index contributed by atoms with van der Waals surface area (Å²) in [6, 6.07) is 6.70. The molecular formula is C21H31N5O4. The lowest BCUT2D eigenvalue weighted by molar-refractivity contribution is -0.138. The number of hydrogen-bond acceptors (Lipinski definition) is 6. The van der Waals surface area contributed by atoms with Crippen LogP contribution in [0.5, 0.6) is 0 Å². The van der Waals surface area contributed by atoms with Gasteiger partial charge >= 0.3 is 0 Å². The molecule has 2 heterocycles. The molecule has 0 radical (unpaired) electrons. The minimum atomic E-state index is -0.587. The normalized spacial score (nSPS) is 19.9. The molecule has 2 aliphatic rings. The second kappa shape index (κ2) is 10.0. The highest BCUT2D eigenvalue weighted by Crippen LogP contribution is 2.30. The molecule has 3 rings (SSSR count). The van der Waals surface area contributed by atoms with Gasteiger partial charge in [-0.1, -0.05) is 12.1 Å². The maximum absolute atomic E-state index is 12.3. The summed E-state index contributed by atoms with van der Waals surface area (Å²) in [6.45, 7) is 5.03. The van der Waals surface area contributed by atoms with Crippen molar-refractivity contribution in [1.29, 1.82) is 0 Å². The largest absolute Gasteiger partial charge is 0.379 e. The van der Waals surface area contributed by atoms with E-state index in [-0.39, 0.29) is 11.8 Å². The van der Waals surface area contributed by atoms with Crippen LogP contribution in [0.2, 0.25) is 0 Å². The summed E-state index contributed by atoms with van der Waals surface area (Å²) < 4.78 is 5.41. The van der Waals surface area contributed by atoms with Crippen molar-refractivity contribution in [2.45, 2.75) is 31.2 Å². The molecule has 1 aromatic rings. The number of likely N-dealkylation sites (tertiary alicyclic amines) is 1. The average molecular weight is 418 g/mol. The Balaban J connectivity index is 1.45. The molecule has 1 aromatic carbocycles. The van der Waals surface area contributed by atoms with E-state index in [1.54, 1.807) is 24.3 Å².